The molecule has 166 valence electrons. The van der Waals surface area contributed by atoms with Crippen LogP contribution in [0, 0.1) is 0 Å². The van der Waals surface area contributed by atoms with Crippen molar-refractivity contribution < 1.29 is 9.47 Å². The van der Waals surface area contributed by atoms with E-state index in [1.54, 1.807) is 26.5 Å². The Balaban J connectivity index is 1.57. The van der Waals surface area contributed by atoms with Gasteiger partial charge in [0.1, 0.15) is 11.5 Å². The van der Waals surface area contributed by atoms with E-state index in [9.17, 15) is 0 Å². The summed E-state index contributed by atoms with van der Waals surface area (Å²) < 4.78 is 10.6. The number of rotatable bonds is 9. The summed E-state index contributed by atoms with van der Waals surface area (Å²) in [6, 6.07) is 24.8. The summed E-state index contributed by atoms with van der Waals surface area (Å²) in [7, 11) is 3.20. The highest BCUT2D eigenvalue weighted by molar-refractivity contribution is 5.84. The molecule has 9 heteroatoms. The molecule has 0 aliphatic carbocycles. The maximum atomic E-state index is 5.40. The normalized spacial score (nSPS) is 10.6. The van der Waals surface area contributed by atoms with Gasteiger partial charge in [-0.15, -0.1) is 0 Å². The molecule has 0 saturated heterocycles. The highest BCUT2D eigenvalue weighted by atomic mass is 16.5. The zero-order valence-corrected chi connectivity index (χ0v) is 18.2. The fourth-order valence-corrected chi connectivity index (χ4v) is 2.92. The summed E-state index contributed by atoms with van der Waals surface area (Å²) in [5.41, 5.74) is 5.34. The van der Waals surface area contributed by atoms with Gasteiger partial charge in [0.15, 0.2) is 0 Å². The Labute approximate surface area is 191 Å². The van der Waals surface area contributed by atoms with Crippen molar-refractivity contribution in [2.75, 3.05) is 30.3 Å². The molecule has 1 aromatic heterocycles. The third-order valence-corrected chi connectivity index (χ3v) is 4.50. The van der Waals surface area contributed by atoms with Crippen LogP contribution in [0.25, 0.3) is 0 Å². The van der Waals surface area contributed by atoms with E-state index in [0.29, 0.717) is 23.4 Å². The lowest BCUT2D eigenvalue weighted by atomic mass is 10.2. The number of aromatic nitrogens is 3. The Morgan fingerprint density at radius 1 is 0.697 bits per heavy atom. The number of hydrogen-bond donors (Lipinski definition) is 3. The van der Waals surface area contributed by atoms with Gasteiger partial charge in [-0.1, -0.05) is 36.4 Å². The average molecular weight is 441 g/mol. The molecule has 1 heterocycles. The molecule has 3 N–H and O–H groups in total. The fraction of sp³-hybridized carbons (Fsp3) is 0.0833. The van der Waals surface area contributed by atoms with Crippen molar-refractivity contribution >= 4 is 35.4 Å². The van der Waals surface area contributed by atoms with E-state index >= 15 is 0 Å². The van der Waals surface area contributed by atoms with E-state index in [1.807, 2.05) is 72.8 Å². The Kier molecular flexibility index (Phi) is 6.92. The molecule has 0 aliphatic rings. The number of methoxy groups -OCH3 is 2. The van der Waals surface area contributed by atoms with E-state index in [4.69, 9.17) is 9.47 Å². The van der Waals surface area contributed by atoms with E-state index < -0.39 is 0 Å². The smallest absolute Gasteiger partial charge is 0.250 e. The molecule has 0 spiro atoms. The lowest BCUT2D eigenvalue weighted by molar-refractivity contribution is 0.394. The van der Waals surface area contributed by atoms with E-state index in [0.717, 1.165) is 16.9 Å². The van der Waals surface area contributed by atoms with Crippen LogP contribution in [-0.2, 0) is 0 Å². The first-order valence-corrected chi connectivity index (χ1v) is 10.1. The quantitative estimate of drug-likeness (QED) is 0.251. The predicted octanol–water partition coefficient (Wildman–Crippen LogP) is 4.82. The number of ether oxygens (including phenoxy) is 2. The minimum absolute atomic E-state index is 0.269. The minimum Gasteiger partial charge on any atom is -0.497 e. The molecule has 9 nitrogen and oxygen atoms in total. The van der Waals surface area contributed by atoms with Gasteiger partial charge in [0, 0.05) is 23.0 Å². The first-order chi connectivity index (χ1) is 16.2. The van der Waals surface area contributed by atoms with Crippen molar-refractivity contribution in [3.05, 3.63) is 84.4 Å². The standard InChI is InChI=1S/C24H23N7O2/c1-32-20-14-13-17(21(15-20)33-2)16-25-31-24-29-22(26-18-9-5-3-6-10-18)28-23(30-24)27-19-11-7-4-8-12-19/h3-16H,1-2H3,(H3,26,27,28,29,30,31)/b25-16+. The zero-order valence-electron chi connectivity index (χ0n) is 18.2. The van der Waals surface area contributed by atoms with Gasteiger partial charge < -0.3 is 20.1 Å². The number of nitrogens with one attached hydrogen (secondary N) is 3. The van der Waals surface area contributed by atoms with Crippen LogP contribution in [0.15, 0.2) is 84.0 Å². The topological polar surface area (TPSA) is 106 Å². The number of para-hydroxylation sites is 2. The SMILES string of the molecule is COc1ccc(/C=N/Nc2nc(Nc3ccccc3)nc(Nc3ccccc3)n2)c(OC)c1. The van der Waals surface area contributed by atoms with Gasteiger partial charge in [0.2, 0.25) is 17.8 Å². The lowest BCUT2D eigenvalue weighted by Gasteiger charge is -2.10. The van der Waals surface area contributed by atoms with Crippen LogP contribution in [0.2, 0.25) is 0 Å². The molecular weight excluding hydrogens is 418 g/mol. The molecule has 0 aliphatic heterocycles. The van der Waals surface area contributed by atoms with Gasteiger partial charge in [-0.2, -0.15) is 20.1 Å². The number of nitrogens with zero attached hydrogens (tertiary/aromatic N) is 4. The van der Waals surface area contributed by atoms with Gasteiger partial charge in [-0.3, -0.25) is 0 Å². The number of hydrogen-bond acceptors (Lipinski definition) is 9. The van der Waals surface area contributed by atoms with Crippen molar-refractivity contribution in [2.24, 2.45) is 5.10 Å². The summed E-state index contributed by atoms with van der Waals surface area (Å²) in [6.07, 6.45) is 1.62. The van der Waals surface area contributed by atoms with Crippen LogP contribution < -0.4 is 25.5 Å². The second kappa shape index (κ2) is 10.6. The second-order valence-corrected chi connectivity index (χ2v) is 6.77. The maximum absolute atomic E-state index is 5.40. The fourth-order valence-electron chi connectivity index (χ4n) is 2.92. The van der Waals surface area contributed by atoms with Crippen molar-refractivity contribution in [3.63, 3.8) is 0 Å². The van der Waals surface area contributed by atoms with E-state index in [-0.39, 0.29) is 5.95 Å². The van der Waals surface area contributed by atoms with Crippen LogP contribution in [-0.4, -0.2) is 35.4 Å². The highest BCUT2D eigenvalue weighted by Crippen LogP contribution is 2.23. The van der Waals surface area contributed by atoms with Gasteiger partial charge in [-0.05, 0) is 36.4 Å². The molecule has 33 heavy (non-hydrogen) atoms. The number of benzene rings is 3. The summed E-state index contributed by atoms with van der Waals surface area (Å²) in [5, 5.41) is 10.6. The van der Waals surface area contributed by atoms with Crippen LogP contribution in [0.1, 0.15) is 5.56 Å². The van der Waals surface area contributed by atoms with Crippen LogP contribution in [0.5, 0.6) is 11.5 Å². The zero-order chi connectivity index (χ0) is 22.9. The monoisotopic (exact) mass is 441 g/mol. The molecule has 0 amide bonds. The molecule has 4 aromatic rings. The second-order valence-electron chi connectivity index (χ2n) is 6.77. The third kappa shape index (κ3) is 5.95. The van der Waals surface area contributed by atoms with Crippen molar-refractivity contribution in [1.82, 2.24) is 15.0 Å². The molecule has 0 bridgehead atoms. The first kappa shape index (κ1) is 21.6. The van der Waals surface area contributed by atoms with Crippen molar-refractivity contribution in [2.45, 2.75) is 0 Å². The Bertz CT molecular complexity index is 1160. The molecule has 0 unspecified atom stereocenters. The summed E-state index contributed by atoms with van der Waals surface area (Å²) in [4.78, 5) is 13.3. The summed E-state index contributed by atoms with van der Waals surface area (Å²) in [6.45, 7) is 0. The molecule has 0 radical (unpaired) electrons. The lowest BCUT2D eigenvalue weighted by Crippen LogP contribution is -2.07. The van der Waals surface area contributed by atoms with Gasteiger partial charge in [0.25, 0.3) is 0 Å². The third-order valence-electron chi connectivity index (χ3n) is 4.50. The van der Waals surface area contributed by atoms with E-state index in [1.165, 1.54) is 0 Å². The molecular formula is C24H23N7O2. The molecule has 4 rings (SSSR count). The van der Waals surface area contributed by atoms with Crippen molar-refractivity contribution in [3.8, 4) is 11.5 Å². The van der Waals surface area contributed by atoms with Crippen molar-refractivity contribution in [1.29, 1.82) is 0 Å². The summed E-state index contributed by atoms with van der Waals surface area (Å²) >= 11 is 0. The van der Waals surface area contributed by atoms with Gasteiger partial charge >= 0.3 is 0 Å². The predicted molar refractivity (Wildman–Crippen MR) is 130 cm³/mol. The number of hydrazone groups is 1. The van der Waals surface area contributed by atoms with Gasteiger partial charge in [0.05, 0.1) is 20.4 Å². The number of anilines is 5. The molecule has 0 atom stereocenters. The molecule has 0 saturated carbocycles. The maximum Gasteiger partial charge on any atom is 0.250 e. The van der Waals surface area contributed by atoms with Crippen LogP contribution >= 0.6 is 0 Å². The first-order valence-electron chi connectivity index (χ1n) is 10.1. The molecule has 0 fully saturated rings. The van der Waals surface area contributed by atoms with Gasteiger partial charge in [-0.25, -0.2) is 5.43 Å². The largest absolute Gasteiger partial charge is 0.497 e. The van der Waals surface area contributed by atoms with Crippen LogP contribution in [0.3, 0.4) is 0 Å². The average Bonchev–Trinajstić information content (AvgIpc) is 2.85. The summed E-state index contributed by atoms with van der Waals surface area (Å²) in [5.74, 6) is 2.34. The minimum atomic E-state index is 0.269. The molecule has 3 aromatic carbocycles. The Hall–Kier alpha value is -4.66. The Morgan fingerprint density at radius 2 is 1.27 bits per heavy atom. The Morgan fingerprint density at radius 3 is 1.82 bits per heavy atom. The van der Waals surface area contributed by atoms with Crippen LogP contribution in [0.4, 0.5) is 29.2 Å². The van der Waals surface area contributed by atoms with E-state index in [2.05, 4.69) is 36.1 Å². The highest BCUT2D eigenvalue weighted by Gasteiger charge is 2.08.